The van der Waals surface area contributed by atoms with E-state index in [9.17, 15) is 0 Å². The van der Waals surface area contributed by atoms with Crippen LogP contribution in [0.15, 0.2) is 0 Å². The number of halogens is 1. The van der Waals surface area contributed by atoms with Crippen LogP contribution in [-0.4, -0.2) is 15.4 Å². The third-order valence-corrected chi connectivity index (χ3v) is 2.56. The molecule has 0 radical (unpaired) electrons. The number of hydrogen-bond donors (Lipinski definition) is 1. The van der Waals surface area contributed by atoms with Gasteiger partial charge in [-0.2, -0.15) is 10.6 Å². The van der Waals surface area contributed by atoms with Gasteiger partial charge in [0.05, 0.1) is 28.6 Å². The standard InChI is InChI=1S/C11H20ClN3O/c1-6-8-10(12)9(15(5)14-8)7-13-16-11(2,3)4/h13H,6-7H2,1-5H3. The van der Waals surface area contributed by atoms with E-state index in [1.54, 1.807) is 4.68 Å². The van der Waals surface area contributed by atoms with Gasteiger partial charge in [-0.25, -0.2) is 0 Å². The molecule has 4 nitrogen and oxygen atoms in total. The van der Waals surface area contributed by atoms with Crippen LogP contribution in [0.2, 0.25) is 5.02 Å². The number of nitrogens with one attached hydrogen (secondary N) is 1. The van der Waals surface area contributed by atoms with Crippen molar-refractivity contribution in [2.75, 3.05) is 0 Å². The Morgan fingerprint density at radius 2 is 2.06 bits per heavy atom. The van der Waals surface area contributed by atoms with Crippen LogP contribution >= 0.6 is 11.6 Å². The summed E-state index contributed by atoms with van der Waals surface area (Å²) in [6, 6.07) is 0. The third-order valence-electron chi connectivity index (χ3n) is 2.12. The lowest BCUT2D eigenvalue weighted by Gasteiger charge is -2.19. The first-order valence-corrected chi connectivity index (χ1v) is 5.84. The largest absolute Gasteiger partial charge is 0.296 e. The Labute approximate surface area is 102 Å². The number of aromatic nitrogens is 2. The third kappa shape index (κ3) is 3.47. The van der Waals surface area contributed by atoms with Crippen molar-refractivity contribution in [3.8, 4) is 0 Å². The van der Waals surface area contributed by atoms with Gasteiger partial charge in [-0.05, 0) is 27.2 Å². The average Bonchev–Trinajstić information content (AvgIpc) is 2.42. The highest BCUT2D eigenvalue weighted by atomic mass is 35.5. The molecule has 0 aliphatic heterocycles. The Balaban J connectivity index is 2.64. The van der Waals surface area contributed by atoms with Crippen molar-refractivity contribution in [1.29, 1.82) is 0 Å². The first kappa shape index (κ1) is 13.5. The average molecular weight is 246 g/mol. The molecule has 1 rings (SSSR count). The van der Waals surface area contributed by atoms with Crippen molar-refractivity contribution >= 4 is 11.6 Å². The zero-order valence-electron chi connectivity index (χ0n) is 10.6. The molecule has 0 aliphatic rings. The van der Waals surface area contributed by atoms with Crippen LogP contribution in [0.25, 0.3) is 0 Å². The van der Waals surface area contributed by atoms with Crippen molar-refractivity contribution in [3.63, 3.8) is 0 Å². The number of hydroxylamine groups is 1. The molecular formula is C11H20ClN3O. The fourth-order valence-corrected chi connectivity index (χ4v) is 1.69. The molecule has 0 bridgehead atoms. The molecule has 0 atom stereocenters. The second kappa shape index (κ2) is 5.17. The number of hydrogen-bond acceptors (Lipinski definition) is 3. The summed E-state index contributed by atoms with van der Waals surface area (Å²) in [6.45, 7) is 8.56. The number of rotatable bonds is 4. The van der Waals surface area contributed by atoms with E-state index >= 15 is 0 Å². The second-order valence-corrected chi connectivity index (χ2v) is 5.10. The molecule has 92 valence electrons. The molecule has 0 aromatic carbocycles. The summed E-state index contributed by atoms with van der Waals surface area (Å²) in [6.07, 6.45) is 0.840. The Hall–Kier alpha value is -0.580. The van der Waals surface area contributed by atoms with Gasteiger partial charge >= 0.3 is 0 Å². The lowest BCUT2D eigenvalue weighted by molar-refractivity contribution is -0.0764. The Bertz CT molecular complexity index is 355. The predicted molar refractivity (Wildman–Crippen MR) is 65.3 cm³/mol. The quantitative estimate of drug-likeness (QED) is 0.829. The van der Waals surface area contributed by atoms with Crippen molar-refractivity contribution in [1.82, 2.24) is 15.3 Å². The fourth-order valence-electron chi connectivity index (χ4n) is 1.33. The topological polar surface area (TPSA) is 39.1 Å². The molecule has 0 amide bonds. The summed E-state index contributed by atoms with van der Waals surface area (Å²) >= 11 is 6.20. The van der Waals surface area contributed by atoms with Crippen LogP contribution in [0.3, 0.4) is 0 Å². The highest BCUT2D eigenvalue weighted by molar-refractivity contribution is 6.31. The molecule has 0 unspecified atom stereocenters. The van der Waals surface area contributed by atoms with E-state index in [1.165, 1.54) is 0 Å². The highest BCUT2D eigenvalue weighted by Gasteiger charge is 2.14. The number of aryl methyl sites for hydroxylation is 2. The SMILES string of the molecule is CCc1nn(C)c(CNOC(C)(C)C)c1Cl. The minimum atomic E-state index is -0.210. The molecule has 1 heterocycles. The van der Waals surface area contributed by atoms with Crippen molar-refractivity contribution in [2.45, 2.75) is 46.3 Å². The summed E-state index contributed by atoms with van der Waals surface area (Å²) in [5.74, 6) is 0. The normalized spacial score (nSPS) is 12.1. The van der Waals surface area contributed by atoms with Gasteiger partial charge < -0.3 is 0 Å². The Morgan fingerprint density at radius 1 is 1.44 bits per heavy atom. The molecule has 1 aromatic rings. The van der Waals surface area contributed by atoms with Crippen molar-refractivity contribution < 1.29 is 4.84 Å². The van der Waals surface area contributed by atoms with E-state index < -0.39 is 0 Å². The van der Waals surface area contributed by atoms with Gasteiger partial charge in [-0.15, -0.1) is 0 Å². The minimum absolute atomic E-state index is 0.210. The van der Waals surface area contributed by atoms with E-state index in [4.69, 9.17) is 16.4 Å². The molecule has 0 fully saturated rings. The summed E-state index contributed by atoms with van der Waals surface area (Å²) < 4.78 is 1.79. The van der Waals surface area contributed by atoms with Crippen molar-refractivity contribution in [2.24, 2.45) is 7.05 Å². The molecule has 16 heavy (non-hydrogen) atoms. The van der Waals surface area contributed by atoms with E-state index in [2.05, 4.69) is 10.6 Å². The lowest BCUT2D eigenvalue weighted by atomic mass is 10.2. The Kier molecular flexibility index (Phi) is 4.35. The van der Waals surface area contributed by atoms with Crippen LogP contribution in [0.4, 0.5) is 0 Å². The van der Waals surface area contributed by atoms with Crippen LogP contribution in [0.5, 0.6) is 0 Å². The molecular weight excluding hydrogens is 226 g/mol. The van der Waals surface area contributed by atoms with E-state index in [-0.39, 0.29) is 5.60 Å². The highest BCUT2D eigenvalue weighted by Crippen LogP contribution is 2.20. The maximum atomic E-state index is 6.20. The maximum Gasteiger partial charge on any atom is 0.0863 e. The second-order valence-electron chi connectivity index (χ2n) is 4.72. The molecule has 0 aliphatic carbocycles. The predicted octanol–water partition coefficient (Wildman–Crippen LogP) is 2.46. The van der Waals surface area contributed by atoms with Gasteiger partial charge in [-0.3, -0.25) is 9.52 Å². The van der Waals surface area contributed by atoms with E-state index in [0.29, 0.717) is 6.54 Å². The van der Waals surface area contributed by atoms with Gasteiger partial charge in [0, 0.05) is 7.05 Å². The zero-order chi connectivity index (χ0) is 12.3. The first-order chi connectivity index (χ1) is 7.35. The molecule has 0 saturated heterocycles. The van der Waals surface area contributed by atoms with Crippen LogP contribution in [0.1, 0.15) is 39.1 Å². The van der Waals surface area contributed by atoms with Gasteiger partial charge in [0.25, 0.3) is 0 Å². The fraction of sp³-hybridized carbons (Fsp3) is 0.727. The molecule has 5 heteroatoms. The van der Waals surface area contributed by atoms with Crippen molar-refractivity contribution in [3.05, 3.63) is 16.4 Å². The summed E-state index contributed by atoms with van der Waals surface area (Å²) in [5.41, 5.74) is 4.58. The maximum absolute atomic E-state index is 6.20. The first-order valence-electron chi connectivity index (χ1n) is 5.46. The number of nitrogens with zero attached hydrogens (tertiary/aromatic N) is 2. The van der Waals surface area contributed by atoms with E-state index in [0.717, 1.165) is 22.8 Å². The lowest BCUT2D eigenvalue weighted by Crippen LogP contribution is -2.29. The summed E-state index contributed by atoms with van der Waals surface area (Å²) in [7, 11) is 1.89. The van der Waals surface area contributed by atoms with E-state index in [1.807, 2.05) is 34.7 Å². The van der Waals surface area contributed by atoms with Crippen LogP contribution in [0, 0.1) is 0 Å². The van der Waals surface area contributed by atoms with Crippen LogP contribution < -0.4 is 5.48 Å². The molecule has 1 aromatic heterocycles. The molecule has 1 N–H and O–H groups in total. The van der Waals surface area contributed by atoms with Gasteiger partial charge in [-0.1, -0.05) is 18.5 Å². The van der Waals surface area contributed by atoms with Gasteiger partial charge in [0.1, 0.15) is 0 Å². The molecule has 0 spiro atoms. The van der Waals surface area contributed by atoms with Crippen LogP contribution in [-0.2, 0) is 24.9 Å². The summed E-state index contributed by atoms with van der Waals surface area (Å²) in [5, 5.41) is 5.06. The minimum Gasteiger partial charge on any atom is -0.296 e. The van der Waals surface area contributed by atoms with Gasteiger partial charge in [0.15, 0.2) is 0 Å². The smallest absolute Gasteiger partial charge is 0.0863 e. The monoisotopic (exact) mass is 245 g/mol. The Morgan fingerprint density at radius 3 is 2.50 bits per heavy atom. The molecule has 0 saturated carbocycles. The van der Waals surface area contributed by atoms with Gasteiger partial charge in [0.2, 0.25) is 0 Å². The summed E-state index contributed by atoms with van der Waals surface area (Å²) in [4.78, 5) is 5.44. The zero-order valence-corrected chi connectivity index (χ0v) is 11.4.